The van der Waals surface area contributed by atoms with E-state index < -0.39 is 0 Å². The minimum Gasteiger partial charge on any atom is -0.368 e. The Morgan fingerprint density at radius 1 is 1.17 bits per heavy atom. The van der Waals surface area contributed by atoms with Gasteiger partial charge in [-0.25, -0.2) is 0 Å². The van der Waals surface area contributed by atoms with Crippen LogP contribution >= 0.6 is 0 Å². The fourth-order valence-corrected chi connectivity index (χ4v) is 2.08. The van der Waals surface area contributed by atoms with Crippen LogP contribution in [0.2, 0.25) is 0 Å². The number of hydrogen-bond acceptors (Lipinski definition) is 3. The number of primary amides is 1. The molecule has 4 heteroatoms. The quantitative estimate of drug-likeness (QED) is 0.591. The highest BCUT2D eigenvalue weighted by Gasteiger charge is 2.19. The van der Waals surface area contributed by atoms with Crippen LogP contribution in [0.25, 0.3) is 0 Å². The first-order valence-corrected chi connectivity index (χ1v) is 7.33. The van der Waals surface area contributed by atoms with Crippen molar-refractivity contribution in [3.05, 3.63) is 0 Å². The van der Waals surface area contributed by atoms with Crippen molar-refractivity contribution in [1.29, 1.82) is 0 Å². The number of nitrogens with two attached hydrogens (primary N) is 1. The number of carbonyl (C=O) groups is 1. The van der Waals surface area contributed by atoms with E-state index in [0.717, 1.165) is 32.6 Å². The summed E-state index contributed by atoms with van der Waals surface area (Å²) in [5.41, 5.74) is 5.45. The van der Waals surface area contributed by atoms with E-state index in [1.807, 2.05) is 0 Å². The van der Waals surface area contributed by atoms with Crippen LogP contribution in [-0.4, -0.2) is 43.0 Å². The van der Waals surface area contributed by atoms with Gasteiger partial charge in [0, 0.05) is 13.1 Å². The zero-order chi connectivity index (χ0) is 14.0. The minimum atomic E-state index is -0.244. The molecule has 4 nitrogen and oxygen atoms in total. The molecular weight excluding hydrogens is 226 g/mol. The molecule has 0 saturated heterocycles. The summed E-state index contributed by atoms with van der Waals surface area (Å²) in [6.45, 7) is 12.3. The van der Waals surface area contributed by atoms with Gasteiger partial charge in [-0.1, -0.05) is 40.5 Å². The van der Waals surface area contributed by atoms with Crippen molar-refractivity contribution in [2.45, 2.75) is 53.0 Å². The highest BCUT2D eigenvalue weighted by atomic mass is 16.1. The molecule has 108 valence electrons. The predicted octanol–water partition coefficient (Wildman–Crippen LogP) is 1.60. The number of rotatable bonds is 11. The molecule has 0 aromatic rings. The van der Waals surface area contributed by atoms with Crippen molar-refractivity contribution in [1.82, 2.24) is 10.2 Å². The monoisotopic (exact) mass is 257 g/mol. The average Bonchev–Trinajstić information content (AvgIpc) is 2.37. The highest BCUT2D eigenvalue weighted by Crippen LogP contribution is 2.10. The molecule has 1 amide bonds. The maximum absolute atomic E-state index is 11.4. The first-order chi connectivity index (χ1) is 8.58. The van der Waals surface area contributed by atoms with Crippen LogP contribution in [0.1, 0.15) is 47.0 Å². The Bertz CT molecular complexity index is 217. The second-order valence-corrected chi connectivity index (χ2v) is 4.94. The summed E-state index contributed by atoms with van der Waals surface area (Å²) in [4.78, 5) is 13.7. The van der Waals surface area contributed by atoms with Crippen LogP contribution in [0.4, 0.5) is 0 Å². The Morgan fingerprint density at radius 2 is 1.78 bits per heavy atom. The van der Waals surface area contributed by atoms with Crippen LogP contribution in [0.5, 0.6) is 0 Å². The van der Waals surface area contributed by atoms with E-state index in [2.05, 4.69) is 37.9 Å². The zero-order valence-electron chi connectivity index (χ0n) is 12.5. The molecule has 0 spiro atoms. The third-order valence-corrected chi connectivity index (χ3v) is 3.54. The Hall–Kier alpha value is -0.610. The van der Waals surface area contributed by atoms with Crippen LogP contribution in [0.3, 0.4) is 0 Å². The summed E-state index contributed by atoms with van der Waals surface area (Å²) in [7, 11) is 0. The van der Waals surface area contributed by atoms with Gasteiger partial charge in [-0.05, 0) is 25.4 Å². The van der Waals surface area contributed by atoms with Gasteiger partial charge in [-0.2, -0.15) is 0 Å². The summed E-state index contributed by atoms with van der Waals surface area (Å²) in [5.74, 6) is 0.469. The van der Waals surface area contributed by atoms with Gasteiger partial charge in [0.15, 0.2) is 0 Å². The van der Waals surface area contributed by atoms with E-state index in [-0.39, 0.29) is 11.9 Å². The van der Waals surface area contributed by atoms with E-state index >= 15 is 0 Å². The molecule has 0 fully saturated rings. The summed E-state index contributed by atoms with van der Waals surface area (Å²) in [6.07, 6.45) is 3.40. The van der Waals surface area contributed by atoms with Crippen LogP contribution in [0, 0.1) is 5.92 Å². The van der Waals surface area contributed by atoms with Crippen LogP contribution in [0.15, 0.2) is 0 Å². The second kappa shape index (κ2) is 10.3. The summed E-state index contributed by atoms with van der Waals surface area (Å²) in [5, 5.41) is 3.23. The van der Waals surface area contributed by atoms with Gasteiger partial charge in [0.1, 0.15) is 0 Å². The zero-order valence-corrected chi connectivity index (χ0v) is 12.5. The third kappa shape index (κ3) is 6.97. The molecule has 0 saturated carbocycles. The Labute approximate surface area is 112 Å². The van der Waals surface area contributed by atoms with E-state index in [1.165, 1.54) is 12.8 Å². The Kier molecular flexibility index (Phi) is 9.98. The van der Waals surface area contributed by atoms with Crippen molar-refractivity contribution >= 4 is 5.91 Å². The number of nitrogens with one attached hydrogen (secondary N) is 1. The average molecular weight is 257 g/mol. The molecule has 0 bridgehead atoms. The lowest BCUT2D eigenvalue weighted by molar-refractivity contribution is -0.120. The van der Waals surface area contributed by atoms with E-state index in [4.69, 9.17) is 5.73 Å². The third-order valence-electron chi connectivity index (χ3n) is 3.54. The molecular formula is C14H31N3O. The molecule has 0 radical (unpaired) electrons. The highest BCUT2D eigenvalue weighted by molar-refractivity contribution is 5.80. The van der Waals surface area contributed by atoms with E-state index in [0.29, 0.717) is 5.92 Å². The summed E-state index contributed by atoms with van der Waals surface area (Å²) in [6, 6.07) is -0.223. The maximum atomic E-state index is 11.4. The first kappa shape index (κ1) is 17.4. The fourth-order valence-electron chi connectivity index (χ4n) is 2.08. The van der Waals surface area contributed by atoms with Crippen LogP contribution in [-0.2, 0) is 4.79 Å². The van der Waals surface area contributed by atoms with Crippen LogP contribution < -0.4 is 11.1 Å². The molecule has 1 atom stereocenters. The lowest BCUT2D eigenvalue weighted by atomic mass is 10.0. The molecule has 0 aliphatic heterocycles. The summed E-state index contributed by atoms with van der Waals surface area (Å²) >= 11 is 0. The van der Waals surface area contributed by atoms with Crippen molar-refractivity contribution < 1.29 is 4.79 Å². The van der Waals surface area contributed by atoms with Gasteiger partial charge >= 0.3 is 0 Å². The lowest BCUT2D eigenvalue weighted by Crippen LogP contribution is -2.50. The standard InChI is InChI=1S/C14H31N3O/c1-5-9-16-13(14(15)18)11-17(8-4)10-12(6-2)7-3/h12-13,16H,5-11H2,1-4H3,(H2,15,18). The van der Waals surface area contributed by atoms with Crippen molar-refractivity contribution in [2.24, 2.45) is 11.7 Å². The molecule has 0 aromatic heterocycles. The molecule has 3 N–H and O–H groups in total. The Morgan fingerprint density at radius 3 is 2.17 bits per heavy atom. The lowest BCUT2D eigenvalue weighted by Gasteiger charge is -2.28. The molecule has 0 rings (SSSR count). The van der Waals surface area contributed by atoms with E-state index in [9.17, 15) is 4.79 Å². The van der Waals surface area contributed by atoms with Gasteiger partial charge < -0.3 is 16.0 Å². The molecule has 0 aliphatic carbocycles. The second-order valence-electron chi connectivity index (χ2n) is 4.94. The number of amides is 1. The SMILES string of the molecule is CCCNC(CN(CC)CC(CC)CC)C(N)=O. The van der Waals surface area contributed by atoms with Gasteiger partial charge in [-0.15, -0.1) is 0 Å². The topological polar surface area (TPSA) is 58.4 Å². The summed E-state index contributed by atoms with van der Waals surface area (Å²) < 4.78 is 0. The van der Waals surface area contributed by atoms with E-state index in [1.54, 1.807) is 0 Å². The maximum Gasteiger partial charge on any atom is 0.235 e. The molecule has 0 aromatic carbocycles. The predicted molar refractivity (Wildman–Crippen MR) is 77.5 cm³/mol. The first-order valence-electron chi connectivity index (χ1n) is 7.33. The molecule has 0 heterocycles. The van der Waals surface area contributed by atoms with Crippen molar-refractivity contribution in [2.75, 3.05) is 26.2 Å². The fraction of sp³-hybridized carbons (Fsp3) is 0.929. The van der Waals surface area contributed by atoms with Gasteiger partial charge in [0.05, 0.1) is 6.04 Å². The van der Waals surface area contributed by atoms with Gasteiger partial charge in [0.2, 0.25) is 5.91 Å². The van der Waals surface area contributed by atoms with Gasteiger partial charge in [-0.3, -0.25) is 4.79 Å². The minimum absolute atomic E-state index is 0.223. The molecule has 1 unspecified atom stereocenters. The normalized spacial score (nSPS) is 13.2. The number of carbonyl (C=O) groups excluding carboxylic acids is 1. The smallest absolute Gasteiger partial charge is 0.235 e. The van der Waals surface area contributed by atoms with Crippen molar-refractivity contribution in [3.63, 3.8) is 0 Å². The largest absolute Gasteiger partial charge is 0.368 e. The number of likely N-dealkylation sites (N-methyl/N-ethyl adjacent to an activating group) is 1. The number of nitrogens with zero attached hydrogens (tertiary/aromatic N) is 1. The van der Waals surface area contributed by atoms with Gasteiger partial charge in [0.25, 0.3) is 0 Å². The number of hydrogen-bond donors (Lipinski definition) is 2. The van der Waals surface area contributed by atoms with Crippen molar-refractivity contribution in [3.8, 4) is 0 Å². The molecule has 18 heavy (non-hydrogen) atoms. The molecule has 0 aliphatic rings. The Balaban J connectivity index is 4.31.